The van der Waals surface area contributed by atoms with E-state index in [-0.39, 0.29) is 35.3 Å². The van der Waals surface area contributed by atoms with Gasteiger partial charge in [-0.3, -0.25) is 0 Å². The van der Waals surface area contributed by atoms with Crippen LogP contribution in [0.1, 0.15) is 13.7 Å². The van der Waals surface area contributed by atoms with Crippen LogP contribution in [0.15, 0.2) is 498 Å². The van der Waals surface area contributed by atoms with E-state index in [9.17, 15) is 0 Å². The van der Waals surface area contributed by atoms with Crippen LogP contribution in [-0.4, -0.2) is 0 Å². The van der Waals surface area contributed by atoms with Crippen molar-refractivity contribution in [2.24, 2.45) is 0 Å². The smallest absolute Gasteiger partial charge is 0.136 e. The van der Waals surface area contributed by atoms with Gasteiger partial charge in [-0.05, 0) is 254 Å². The van der Waals surface area contributed by atoms with Crippen molar-refractivity contribution in [1.29, 1.82) is 0 Å². The van der Waals surface area contributed by atoms with E-state index in [2.05, 4.69) is 340 Å². The van der Waals surface area contributed by atoms with Gasteiger partial charge in [0.1, 0.15) is 33.5 Å². The molecule has 26 rings (SSSR count). The van der Waals surface area contributed by atoms with Crippen LogP contribution >= 0.6 is 0 Å². The Morgan fingerprint density at radius 3 is 0.907 bits per heavy atom. The van der Waals surface area contributed by atoms with Crippen LogP contribution in [0.3, 0.4) is 0 Å². The Balaban J connectivity index is 0.000000113. The molecule has 0 saturated heterocycles. The van der Waals surface area contributed by atoms with Gasteiger partial charge in [0.15, 0.2) is 0 Å². The summed E-state index contributed by atoms with van der Waals surface area (Å²) in [6.07, 6.45) is 0. The van der Waals surface area contributed by atoms with Crippen molar-refractivity contribution >= 4 is 130 Å². The van der Waals surface area contributed by atoms with E-state index in [0.29, 0.717) is 22.3 Å². The topological polar surface area (TPSA) is 39.4 Å². The maximum absolute atomic E-state index is 8.82. The molecule has 0 aliphatic carbocycles. The van der Waals surface area contributed by atoms with E-state index in [0.717, 1.165) is 87.3 Å². The quantitative estimate of drug-likeness (QED) is 0.121. The molecule has 0 aliphatic rings. The third-order valence-corrected chi connectivity index (χ3v) is 25.4. The first-order valence-corrected chi connectivity index (χ1v) is 43.4. The van der Waals surface area contributed by atoms with E-state index in [4.69, 9.17) is 27.0 Å². The van der Waals surface area contributed by atoms with Gasteiger partial charge < -0.3 is 13.3 Å². The fourth-order valence-corrected chi connectivity index (χ4v) is 19.8. The van der Waals surface area contributed by atoms with E-state index in [1.165, 1.54) is 132 Å². The summed E-state index contributed by atoms with van der Waals surface area (Å²) >= 11 is 0. The van der Waals surface area contributed by atoms with Crippen molar-refractivity contribution in [2.45, 2.75) is 0 Å². The molecule has 602 valence electrons. The molecule has 3 heteroatoms. The van der Waals surface area contributed by atoms with Gasteiger partial charge in [0.2, 0.25) is 0 Å². The average molecular weight is 1650 g/mol. The summed E-state index contributed by atoms with van der Waals surface area (Å²) in [6, 6.07) is 144. The lowest BCUT2D eigenvalue weighted by Gasteiger charge is -2.18. The molecule has 23 aromatic carbocycles. The molecule has 0 fully saturated rings. The van der Waals surface area contributed by atoms with Gasteiger partial charge in [-0.25, -0.2) is 0 Å². The standard InChI is InChI=1S/2C44H28O.C38H24O/c1-3-12-29(13-4-1)31-16-11-17-32(26-31)33-22-24-41-39(27-33)40-28-34(23-25-42(40)45-41)44-37-20-9-7-18-35(37)43(30-14-5-2-6-15-30)36-19-8-10-21-38(36)44;1-3-14-29(15-4-1)32-18-7-8-19-33(32)34-24-13-25-41-44(34)39-28-31(26-27-40(39)45-41)43-37-22-11-9-20-35(37)42(30-16-5-2-6-17-30)36-21-10-12-23-38(36)43;1-3-12-25(13-4-1)27-22-23-32-35(24-27)39-34-21-11-20-33(38(32)34)37-30-18-9-7-16-28(30)36(26-14-5-2-6-15-26)29-17-8-10-19-31(29)37/h2*1-28H;1-24H/i;;1D,2D,3D,4D,5D,6D,12D,13D,14D,15D. The molecule has 0 aliphatic heterocycles. The highest BCUT2D eigenvalue weighted by Gasteiger charge is 2.25. The third kappa shape index (κ3) is 13.4. The summed E-state index contributed by atoms with van der Waals surface area (Å²) < 4.78 is 103. The van der Waals surface area contributed by atoms with E-state index in [1.807, 2.05) is 72.8 Å². The van der Waals surface area contributed by atoms with E-state index < -0.39 is 36.3 Å². The number of benzene rings is 23. The van der Waals surface area contributed by atoms with Crippen LogP contribution < -0.4 is 0 Å². The van der Waals surface area contributed by atoms with Gasteiger partial charge in [-0.2, -0.15) is 0 Å². The van der Waals surface area contributed by atoms with Gasteiger partial charge in [0.05, 0.1) is 13.7 Å². The highest BCUT2D eigenvalue weighted by Crippen LogP contribution is 2.52. The maximum atomic E-state index is 8.82. The summed E-state index contributed by atoms with van der Waals surface area (Å²) in [5, 5.41) is 19.2. The normalized spacial score (nSPS) is 12.7. The predicted octanol–water partition coefficient (Wildman–Crippen LogP) is 36.0. The van der Waals surface area contributed by atoms with Crippen LogP contribution in [0.2, 0.25) is 0 Å². The lowest BCUT2D eigenvalue weighted by molar-refractivity contribution is 0.668. The SMILES string of the molecule is [2H]c1c([2H])c([2H])c(-c2ccc3c(c2)oc2cccc(-c4c5ccccc5c(-c5c([2H])c([2H])c([2H])c([2H])c5[2H])c5ccccc45)c23)c([2H])c1[2H].c1ccc(-c2cccc(-c3ccc4oc5ccc(-c6c7ccccc7c(-c7ccccc7)c7ccccc67)cc5c4c3)c2)cc1.c1ccc(-c2ccccc2-c2cccc3oc4ccc(-c5c6ccccc6c(-c6ccccc6)c6ccccc56)cc4c23)cc1. The minimum absolute atomic E-state index is 0.0915. The molecule has 0 spiro atoms. The fourth-order valence-electron chi connectivity index (χ4n) is 19.8. The first kappa shape index (κ1) is 65.7. The van der Waals surface area contributed by atoms with Crippen molar-refractivity contribution in [3.8, 4) is 122 Å². The summed E-state index contributed by atoms with van der Waals surface area (Å²) in [4.78, 5) is 0. The number of furan rings is 3. The maximum Gasteiger partial charge on any atom is 0.136 e. The Morgan fingerprint density at radius 2 is 0.426 bits per heavy atom. The van der Waals surface area contributed by atoms with E-state index >= 15 is 0 Å². The molecule has 0 atom stereocenters. The Kier molecular flexibility index (Phi) is 16.4. The predicted molar refractivity (Wildman–Crippen MR) is 546 cm³/mol. The number of hydrogen-bond acceptors (Lipinski definition) is 3. The molecule has 0 bridgehead atoms. The minimum Gasteiger partial charge on any atom is -0.456 e. The van der Waals surface area contributed by atoms with Crippen LogP contribution in [0.4, 0.5) is 0 Å². The summed E-state index contributed by atoms with van der Waals surface area (Å²) in [5.74, 6) is 0. The molecule has 0 N–H and O–H groups in total. The van der Waals surface area contributed by atoms with Gasteiger partial charge >= 0.3 is 0 Å². The molecule has 0 radical (unpaired) electrons. The first-order valence-electron chi connectivity index (χ1n) is 48.4. The molecule has 0 amide bonds. The van der Waals surface area contributed by atoms with Crippen molar-refractivity contribution < 1.29 is 27.0 Å². The zero-order chi connectivity index (χ0) is 94.0. The van der Waals surface area contributed by atoms with Gasteiger partial charge in [-0.15, -0.1) is 0 Å². The van der Waals surface area contributed by atoms with Crippen molar-refractivity contribution in [3.63, 3.8) is 0 Å². The summed E-state index contributed by atoms with van der Waals surface area (Å²) in [7, 11) is 0. The summed E-state index contributed by atoms with van der Waals surface area (Å²) in [6.45, 7) is 0. The van der Waals surface area contributed by atoms with Crippen molar-refractivity contribution in [2.75, 3.05) is 0 Å². The molecule has 3 aromatic heterocycles. The fraction of sp³-hybridized carbons (Fsp3) is 0. The lowest BCUT2D eigenvalue weighted by Crippen LogP contribution is -1.91. The molecule has 26 aromatic rings. The van der Waals surface area contributed by atoms with Gasteiger partial charge in [-0.1, -0.05) is 418 Å². The van der Waals surface area contributed by atoms with Crippen LogP contribution in [0, 0.1) is 0 Å². The van der Waals surface area contributed by atoms with Crippen LogP contribution in [0.25, 0.3) is 253 Å². The molecule has 3 nitrogen and oxygen atoms in total. The largest absolute Gasteiger partial charge is 0.456 e. The molecule has 129 heavy (non-hydrogen) atoms. The number of fused-ring (bicyclic) bond motifs is 15. The Bertz CT molecular complexity index is 9290. The lowest BCUT2D eigenvalue weighted by atomic mass is 9.85. The van der Waals surface area contributed by atoms with Gasteiger partial charge in [0, 0.05) is 32.3 Å². The molecular formula is C126H80O3. The Morgan fingerprint density at radius 1 is 0.132 bits per heavy atom. The molecule has 3 heterocycles. The van der Waals surface area contributed by atoms with Crippen molar-refractivity contribution in [1.82, 2.24) is 0 Å². The van der Waals surface area contributed by atoms with Crippen LogP contribution in [0.5, 0.6) is 0 Å². The van der Waals surface area contributed by atoms with Crippen LogP contribution in [-0.2, 0) is 0 Å². The first-order chi connectivity index (χ1) is 68.2. The zero-order valence-corrected chi connectivity index (χ0v) is 69.6. The average Bonchev–Trinajstić information content (AvgIpc) is 1.69. The monoisotopic (exact) mass is 1650 g/mol. The zero-order valence-electron chi connectivity index (χ0n) is 79.6. The molecule has 0 saturated carbocycles. The summed E-state index contributed by atoms with van der Waals surface area (Å²) in [5.41, 5.74) is 27.1. The molecular weight excluding hydrogens is 1560 g/mol. The second-order valence-corrected chi connectivity index (χ2v) is 32.6. The van der Waals surface area contributed by atoms with Gasteiger partial charge in [0.25, 0.3) is 0 Å². The highest BCUT2D eigenvalue weighted by molar-refractivity contribution is 6.28. The second-order valence-electron chi connectivity index (χ2n) is 32.6. The highest BCUT2D eigenvalue weighted by atomic mass is 16.3. The number of hydrogen-bond donors (Lipinski definition) is 0. The van der Waals surface area contributed by atoms with E-state index in [1.54, 1.807) is 12.1 Å². The minimum atomic E-state index is -0.453. The third-order valence-electron chi connectivity index (χ3n) is 25.4. The van der Waals surface area contributed by atoms with Crippen molar-refractivity contribution in [3.05, 3.63) is 485 Å². The Labute approximate surface area is 760 Å². The number of rotatable bonds is 11. The second kappa shape index (κ2) is 32.3. The molecule has 0 unspecified atom stereocenters. The Hall–Kier alpha value is -17.0.